The van der Waals surface area contributed by atoms with Crippen LogP contribution in [0.4, 0.5) is 0 Å². The van der Waals surface area contributed by atoms with Crippen LogP contribution in [0.15, 0.2) is 21.7 Å². The van der Waals surface area contributed by atoms with Crippen molar-refractivity contribution in [2.45, 2.75) is 13.5 Å². The van der Waals surface area contributed by atoms with Crippen LogP contribution in [0.3, 0.4) is 0 Å². The average molecular weight is 287 g/mol. The van der Waals surface area contributed by atoms with Crippen LogP contribution in [0.2, 0.25) is 10.0 Å². The maximum Gasteiger partial charge on any atom is 0.329 e. The molecule has 7 heteroatoms. The molecular weight excluding hydrogens is 279 g/mol. The first kappa shape index (κ1) is 12.9. The van der Waals surface area contributed by atoms with Crippen LogP contribution in [-0.4, -0.2) is 15.3 Å². The van der Waals surface area contributed by atoms with E-state index in [-0.39, 0.29) is 33.3 Å². The van der Waals surface area contributed by atoms with E-state index in [1.165, 1.54) is 19.1 Å². The van der Waals surface area contributed by atoms with Crippen molar-refractivity contribution in [3.63, 3.8) is 0 Å². The lowest BCUT2D eigenvalue weighted by molar-refractivity contribution is -0.117. The fourth-order valence-corrected chi connectivity index (χ4v) is 2.28. The molecule has 1 N–H and O–H groups in total. The molecule has 0 spiro atoms. The summed E-state index contributed by atoms with van der Waals surface area (Å²) in [5.41, 5.74) is -1.02. The SMILES string of the molecule is CC(=O)Cn1c(=O)[nH]c(=O)c2c(Cl)cc(Cl)cc21. The van der Waals surface area contributed by atoms with Crippen LogP contribution in [-0.2, 0) is 11.3 Å². The molecule has 0 aliphatic carbocycles. The molecule has 0 bridgehead atoms. The summed E-state index contributed by atoms with van der Waals surface area (Å²) in [7, 11) is 0. The smallest absolute Gasteiger partial charge is 0.298 e. The van der Waals surface area contributed by atoms with Gasteiger partial charge in [0.2, 0.25) is 0 Å². The molecule has 1 aromatic carbocycles. The molecule has 0 unspecified atom stereocenters. The standard InChI is InChI=1S/C11H8Cl2N2O3/c1-5(16)4-15-8-3-6(12)2-7(13)9(8)10(17)14-11(15)18/h2-3H,4H2,1H3,(H,14,17,18). The molecule has 1 aromatic heterocycles. The summed E-state index contributed by atoms with van der Waals surface area (Å²) in [5, 5.41) is 0.563. The van der Waals surface area contributed by atoms with Gasteiger partial charge in [0.05, 0.1) is 22.5 Å². The van der Waals surface area contributed by atoms with E-state index in [0.717, 1.165) is 4.57 Å². The summed E-state index contributed by atoms with van der Waals surface area (Å²) in [5.74, 6) is -0.221. The van der Waals surface area contributed by atoms with Crippen molar-refractivity contribution in [3.05, 3.63) is 43.0 Å². The van der Waals surface area contributed by atoms with Gasteiger partial charge >= 0.3 is 5.69 Å². The third-order valence-electron chi connectivity index (χ3n) is 2.40. The van der Waals surface area contributed by atoms with Gasteiger partial charge in [0.25, 0.3) is 5.56 Å². The number of ketones is 1. The zero-order chi connectivity index (χ0) is 13.4. The van der Waals surface area contributed by atoms with Crippen molar-refractivity contribution >= 4 is 39.9 Å². The molecule has 0 radical (unpaired) electrons. The third-order valence-corrected chi connectivity index (χ3v) is 2.91. The van der Waals surface area contributed by atoms with E-state index >= 15 is 0 Å². The molecule has 0 amide bonds. The molecule has 2 rings (SSSR count). The Morgan fingerprint density at radius 2 is 2.00 bits per heavy atom. The van der Waals surface area contributed by atoms with E-state index in [1.54, 1.807) is 0 Å². The molecule has 0 aliphatic heterocycles. The zero-order valence-corrected chi connectivity index (χ0v) is 10.8. The Bertz CT molecular complexity index is 761. The van der Waals surface area contributed by atoms with E-state index in [4.69, 9.17) is 23.2 Å². The normalized spacial score (nSPS) is 10.8. The van der Waals surface area contributed by atoms with Gasteiger partial charge in [-0.3, -0.25) is 19.1 Å². The fraction of sp³-hybridized carbons (Fsp3) is 0.182. The Labute approximate surface area is 111 Å². The quantitative estimate of drug-likeness (QED) is 0.911. The monoisotopic (exact) mass is 286 g/mol. The first-order valence-corrected chi connectivity index (χ1v) is 5.77. The number of Topliss-reactive ketones (excluding diaryl/α,β-unsaturated/α-hetero) is 1. The number of halogens is 2. The third kappa shape index (κ3) is 2.19. The van der Waals surface area contributed by atoms with Crippen LogP contribution < -0.4 is 11.2 Å². The molecule has 0 aliphatic rings. The minimum absolute atomic E-state index is 0.135. The van der Waals surface area contributed by atoms with Crippen molar-refractivity contribution in [2.24, 2.45) is 0 Å². The summed E-state index contributed by atoms with van der Waals surface area (Å²) < 4.78 is 1.14. The van der Waals surface area contributed by atoms with E-state index < -0.39 is 11.2 Å². The van der Waals surface area contributed by atoms with Crippen molar-refractivity contribution in [1.29, 1.82) is 0 Å². The van der Waals surface area contributed by atoms with Crippen molar-refractivity contribution < 1.29 is 4.79 Å². The molecule has 5 nitrogen and oxygen atoms in total. The number of nitrogens with zero attached hydrogens (tertiary/aromatic N) is 1. The van der Waals surface area contributed by atoms with Gasteiger partial charge in [-0.25, -0.2) is 4.79 Å². The number of nitrogens with one attached hydrogen (secondary N) is 1. The van der Waals surface area contributed by atoms with Gasteiger partial charge in [0.1, 0.15) is 5.78 Å². The van der Waals surface area contributed by atoms with Crippen molar-refractivity contribution in [1.82, 2.24) is 9.55 Å². The lowest BCUT2D eigenvalue weighted by Gasteiger charge is -2.08. The van der Waals surface area contributed by atoms with Crippen molar-refractivity contribution in [2.75, 3.05) is 0 Å². The number of carbonyl (C=O) groups excluding carboxylic acids is 1. The van der Waals surface area contributed by atoms with Gasteiger partial charge in [-0.05, 0) is 19.1 Å². The molecular formula is C11H8Cl2N2O3. The predicted molar refractivity (Wildman–Crippen MR) is 69.5 cm³/mol. The van der Waals surface area contributed by atoms with Crippen molar-refractivity contribution in [3.8, 4) is 0 Å². The van der Waals surface area contributed by atoms with Crippen LogP contribution >= 0.6 is 23.2 Å². The number of rotatable bonds is 2. The molecule has 18 heavy (non-hydrogen) atoms. The summed E-state index contributed by atoms with van der Waals surface area (Å²) in [6.45, 7) is 1.19. The minimum Gasteiger partial charge on any atom is -0.298 e. The highest BCUT2D eigenvalue weighted by Gasteiger charge is 2.12. The predicted octanol–water partition coefficient (Wildman–Crippen LogP) is 1.59. The Balaban J connectivity index is 2.98. The summed E-state index contributed by atoms with van der Waals surface area (Å²) >= 11 is 11.8. The lowest BCUT2D eigenvalue weighted by Crippen LogP contribution is -2.32. The topological polar surface area (TPSA) is 71.9 Å². The van der Waals surface area contributed by atoms with Crippen LogP contribution in [0.25, 0.3) is 10.9 Å². The first-order valence-electron chi connectivity index (χ1n) is 5.01. The second-order valence-electron chi connectivity index (χ2n) is 3.83. The average Bonchev–Trinajstić information content (AvgIpc) is 2.22. The highest BCUT2D eigenvalue weighted by atomic mass is 35.5. The van der Waals surface area contributed by atoms with Gasteiger partial charge in [0.15, 0.2) is 0 Å². The number of hydrogen-bond donors (Lipinski definition) is 1. The molecule has 0 atom stereocenters. The van der Waals surface area contributed by atoms with E-state index in [2.05, 4.69) is 4.98 Å². The molecule has 0 saturated heterocycles. The summed E-state index contributed by atoms with van der Waals surface area (Å²) in [6, 6.07) is 2.84. The Morgan fingerprint density at radius 1 is 1.33 bits per heavy atom. The number of hydrogen-bond acceptors (Lipinski definition) is 3. The second-order valence-corrected chi connectivity index (χ2v) is 4.67. The highest BCUT2D eigenvalue weighted by Crippen LogP contribution is 2.24. The zero-order valence-electron chi connectivity index (χ0n) is 9.29. The number of benzene rings is 1. The number of carbonyl (C=O) groups is 1. The van der Waals surface area contributed by atoms with Gasteiger partial charge in [0, 0.05) is 5.02 Å². The summed E-state index contributed by atoms with van der Waals surface area (Å²) in [6.07, 6.45) is 0. The van der Waals surface area contributed by atoms with Gasteiger partial charge in [-0.2, -0.15) is 0 Å². The molecule has 0 fully saturated rings. The fourth-order valence-electron chi connectivity index (χ4n) is 1.71. The minimum atomic E-state index is -0.666. The maximum absolute atomic E-state index is 11.7. The molecule has 0 saturated carbocycles. The molecule has 2 aromatic rings. The highest BCUT2D eigenvalue weighted by molar-refractivity contribution is 6.38. The van der Waals surface area contributed by atoms with Gasteiger partial charge in [-0.15, -0.1) is 0 Å². The van der Waals surface area contributed by atoms with E-state index in [9.17, 15) is 14.4 Å². The van der Waals surface area contributed by atoms with Gasteiger partial charge in [-0.1, -0.05) is 23.2 Å². The molecule has 1 heterocycles. The largest absolute Gasteiger partial charge is 0.329 e. The number of aromatic amines is 1. The number of fused-ring (bicyclic) bond motifs is 1. The van der Waals surface area contributed by atoms with Gasteiger partial charge < -0.3 is 0 Å². The number of aromatic nitrogens is 2. The first-order chi connectivity index (χ1) is 8.40. The number of H-pyrrole nitrogens is 1. The molecule has 94 valence electrons. The van der Waals surface area contributed by atoms with Crippen LogP contribution in [0.1, 0.15) is 6.92 Å². The Kier molecular flexibility index (Phi) is 3.28. The Hall–Kier alpha value is -1.59. The maximum atomic E-state index is 11.7. The summed E-state index contributed by atoms with van der Waals surface area (Å²) in [4.78, 5) is 36.6. The van der Waals surface area contributed by atoms with Crippen LogP contribution in [0.5, 0.6) is 0 Å². The second kappa shape index (κ2) is 4.59. The van der Waals surface area contributed by atoms with Crippen LogP contribution in [0, 0.1) is 0 Å². The van der Waals surface area contributed by atoms with E-state index in [0.29, 0.717) is 0 Å². The van der Waals surface area contributed by atoms with E-state index in [1.807, 2.05) is 0 Å². The Morgan fingerprint density at radius 3 is 2.61 bits per heavy atom. The lowest BCUT2D eigenvalue weighted by atomic mass is 10.2.